The fourth-order valence-corrected chi connectivity index (χ4v) is 3.73. The minimum absolute atomic E-state index is 0.601. The van der Waals surface area contributed by atoms with Gasteiger partial charge in [0.1, 0.15) is 6.07 Å². The average molecular weight is 319 g/mol. The van der Waals surface area contributed by atoms with Crippen molar-refractivity contribution in [1.82, 2.24) is 9.80 Å². The second-order valence-corrected chi connectivity index (χ2v) is 6.57. The average Bonchev–Trinajstić information content (AvgIpc) is 3.04. The van der Waals surface area contributed by atoms with Crippen molar-refractivity contribution in [2.45, 2.75) is 19.4 Å². The Labute approximate surface area is 137 Å². The van der Waals surface area contributed by atoms with Crippen molar-refractivity contribution >= 4 is 17.3 Å². The molecule has 0 unspecified atom stereocenters. The van der Waals surface area contributed by atoms with Crippen LogP contribution in [0.5, 0.6) is 0 Å². The van der Waals surface area contributed by atoms with Gasteiger partial charge in [0.05, 0.1) is 11.3 Å². The summed E-state index contributed by atoms with van der Waals surface area (Å²) in [5.41, 5.74) is 1.71. The maximum absolute atomic E-state index is 9.30. The summed E-state index contributed by atoms with van der Waals surface area (Å²) in [5.74, 6) is 0. The van der Waals surface area contributed by atoms with Crippen molar-refractivity contribution in [3.05, 3.63) is 28.8 Å². The van der Waals surface area contributed by atoms with Crippen LogP contribution < -0.4 is 4.90 Å². The Bertz CT molecular complexity index is 560. The van der Waals surface area contributed by atoms with Gasteiger partial charge in [-0.2, -0.15) is 5.26 Å². The van der Waals surface area contributed by atoms with E-state index in [4.69, 9.17) is 11.6 Å². The van der Waals surface area contributed by atoms with E-state index >= 15 is 0 Å². The summed E-state index contributed by atoms with van der Waals surface area (Å²) < 4.78 is 0. The second kappa shape index (κ2) is 6.87. The molecule has 118 valence electrons. The second-order valence-electron chi connectivity index (χ2n) is 6.13. The Morgan fingerprint density at radius 1 is 1.23 bits per heavy atom. The first-order valence-corrected chi connectivity index (χ1v) is 8.50. The molecule has 0 radical (unpaired) electrons. The van der Waals surface area contributed by atoms with Crippen molar-refractivity contribution in [3.8, 4) is 6.07 Å². The van der Waals surface area contributed by atoms with Gasteiger partial charge in [-0.15, -0.1) is 0 Å². The fourth-order valence-electron chi connectivity index (χ4n) is 3.56. The van der Waals surface area contributed by atoms with Crippen LogP contribution in [0.3, 0.4) is 0 Å². The largest absolute Gasteiger partial charge is 0.369 e. The number of anilines is 1. The van der Waals surface area contributed by atoms with Crippen LogP contribution in [0.1, 0.15) is 18.9 Å². The molecule has 4 nitrogen and oxygen atoms in total. The van der Waals surface area contributed by atoms with Crippen LogP contribution in [0.25, 0.3) is 0 Å². The first-order chi connectivity index (χ1) is 10.7. The lowest BCUT2D eigenvalue weighted by Crippen LogP contribution is -2.50. The van der Waals surface area contributed by atoms with Gasteiger partial charge in [0.15, 0.2) is 0 Å². The third kappa shape index (κ3) is 3.22. The number of likely N-dealkylation sites (N-methyl/N-ethyl adjacent to an activating group) is 1. The van der Waals surface area contributed by atoms with E-state index in [1.807, 2.05) is 12.1 Å². The Balaban J connectivity index is 1.66. The van der Waals surface area contributed by atoms with Crippen LogP contribution in [0.15, 0.2) is 18.2 Å². The van der Waals surface area contributed by atoms with E-state index in [-0.39, 0.29) is 0 Å². The lowest BCUT2D eigenvalue weighted by atomic mass is 10.1. The van der Waals surface area contributed by atoms with Crippen LogP contribution in [-0.4, -0.2) is 61.7 Å². The summed E-state index contributed by atoms with van der Waals surface area (Å²) >= 11 is 6.12. The molecule has 0 spiro atoms. The summed E-state index contributed by atoms with van der Waals surface area (Å²) in [6.07, 6.45) is 1.17. The summed E-state index contributed by atoms with van der Waals surface area (Å²) in [7, 11) is 0. The number of halogens is 1. The molecule has 2 fully saturated rings. The zero-order valence-corrected chi connectivity index (χ0v) is 13.9. The van der Waals surface area contributed by atoms with Crippen molar-refractivity contribution in [2.24, 2.45) is 0 Å². The molecule has 0 amide bonds. The molecule has 0 saturated carbocycles. The summed E-state index contributed by atoms with van der Waals surface area (Å²) in [6.45, 7) is 10.1. The number of nitrogens with zero attached hydrogens (tertiary/aromatic N) is 4. The van der Waals surface area contributed by atoms with Crippen molar-refractivity contribution in [2.75, 3.05) is 50.7 Å². The van der Waals surface area contributed by atoms with Gasteiger partial charge in [0, 0.05) is 50.3 Å². The van der Waals surface area contributed by atoms with Crippen LogP contribution in [-0.2, 0) is 0 Å². The van der Waals surface area contributed by atoms with Gasteiger partial charge in [0.25, 0.3) is 0 Å². The molecule has 5 heteroatoms. The highest BCUT2D eigenvalue weighted by atomic mass is 35.5. The van der Waals surface area contributed by atoms with E-state index < -0.39 is 0 Å². The number of hydrogen-bond acceptors (Lipinski definition) is 4. The van der Waals surface area contributed by atoms with Gasteiger partial charge < -0.3 is 9.80 Å². The highest BCUT2D eigenvalue weighted by molar-refractivity contribution is 6.30. The molecular weight excluding hydrogens is 296 g/mol. The van der Waals surface area contributed by atoms with Gasteiger partial charge in [-0.1, -0.05) is 18.5 Å². The Morgan fingerprint density at radius 2 is 2.00 bits per heavy atom. The molecule has 2 heterocycles. The standard InChI is InChI=1S/C17H23ClN4/c1-2-20-7-9-21(10-8-20)16-5-6-22(13-16)17-11-15(18)4-3-14(17)12-19/h3-4,11,16H,2,5-10,13H2,1H3/t16-/m0/s1. The van der Waals surface area contributed by atoms with Crippen LogP contribution in [0, 0.1) is 11.3 Å². The molecule has 0 bridgehead atoms. The zero-order chi connectivity index (χ0) is 15.5. The SMILES string of the molecule is CCN1CCN([C@H]2CCN(c3cc(Cl)ccc3C#N)C2)CC1. The highest BCUT2D eigenvalue weighted by Gasteiger charge is 2.30. The molecule has 2 saturated heterocycles. The normalized spacial score (nSPS) is 23.7. The predicted molar refractivity (Wildman–Crippen MR) is 90.5 cm³/mol. The van der Waals surface area contributed by atoms with Gasteiger partial charge >= 0.3 is 0 Å². The minimum atomic E-state index is 0.601. The number of hydrogen-bond donors (Lipinski definition) is 0. The third-order valence-electron chi connectivity index (χ3n) is 4.95. The Hall–Kier alpha value is -1.28. The number of benzene rings is 1. The fraction of sp³-hybridized carbons (Fsp3) is 0.588. The van der Waals surface area contributed by atoms with Gasteiger partial charge in [-0.05, 0) is 31.2 Å². The lowest BCUT2D eigenvalue weighted by Gasteiger charge is -2.37. The van der Waals surface area contributed by atoms with Gasteiger partial charge in [0.2, 0.25) is 0 Å². The highest BCUT2D eigenvalue weighted by Crippen LogP contribution is 2.29. The van der Waals surface area contributed by atoms with E-state index in [2.05, 4.69) is 27.7 Å². The summed E-state index contributed by atoms with van der Waals surface area (Å²) in [5, 5.41) is 10.0. The molecule has 0 N–H and O–H groups in total. The summed E-state index contributed by atoms with van der Waals surface area (Å²) in [4.78, 5) is 7.44. The smallest absolute Gasteiger partial charge is 0.101 e. The number of piperazine rings is 1. The lowest BCUT2D eigenvalue weighted by molar-refractivity contribution is 0.107. The molecule has 2 aliphatic rings. The van der Waals surface area contributed by atoms with Crippen LogP contribution in [0.2, 0.25) is 5.02 Å². The summed E-state index contributed by atoms with van der Waals surface area (Å²) in [6, 6.07) is 8.43. The van der Waals surface area contributed by atoms with Crippen molar-refractivity contribution in [1.29, 1.82) is 5.26 Å². The van der Waals surface area contributed by atoms with Crippen LogP contribution >= 0.6 is 11.6 Å². The molecule has 0 aliphatic carbocycles. The predicted octanol–water partition coefficient (Wildman–Crippen LogP) is 2.43. The first kappa shape index (κ1) is 15.6. The topological polar surface area (TPSA) is 33.5 Å². The van der Waals surface area contributed by atoms with E-state index in [0.29, 0.717) is 11.1 Å². The molecule has 2 aliphatic heterocycles. The third-order valence-corrected chi connectivity index (χ3v) is 5.19. The molecule has 1 aromatic rings. The van der Waals surface area contributed by atoms with E-state index in [1.54, 1.807) is 6.07 Å². The minimum Gasteiger partial charge on any atom is -0.369 e. The quantitative estimate of drug-likeness (QED) is 0.857. The zero-order valence-electron chi connectivity index (χ0n) is 13.1. The number of nitriles is 1. The molecule has 22 heavy (non-hydrogen) atoms. The van der Waals surface area contributed by atoms with Gasteiger partial charge in [-0.25, -0.2) is 0 Å². The molecule has 0 aromatic heterocycles. The van der Waals surface area contributed by atoms with E-state index in [9.17, 15) is 5.26 Å². The molecule has 1 atom stereocenters. The van der Waals surface area contributed by atoms with Crippen molar-refractivity contribution < 1.29 is 0 Å². The molecular formula is C17H23ClN4. The van der Waals surface area contributed by atoms with Crippen LogP contribution in [0.4, 0.5) is 5.69 Å². The van der Waals surface area contributed by atoms with E-state index in [1.165, 1.54) is 19.5 Å². The Morgan fingerprint density at radius 3 is 2.68 bits per heavy atom. The monoisotopic (exact) mass is 318 g/mol. The number of rotatable bonds is 3. The maximum atomic E-state index is 9.30. The maximum Gasteiger partial charge on any atom is 0.101 e. The first-order valence-electron chi connectivity index (χ1n) is 8.12. The van der Waals surface area contributed by atoms with Crippen molar-refractivity contribution in [3.63, 3.8) is 0 Å². The van der Waals surface area contributed by atoms with E-state index in [0.717, 1.165) is 44.0 Å². The van der Waals surface area contributed by atoms with Gasteiger partial charge in [-0.3, -0.25) is 4.90 Å². The molecule has 3 rings (SSSR count). The molecule has 1 aromatic carbocycles. The Kier molecular flexibility index (Phi) is 4.87.